The summed E-state index contributed by atoms with van der Waals surface area (Å²) in [6.45, 7) is 5.45. The summed E-state index contributed by atoms with van der Waals surface area (Å²) in [6, 6.07) is 9.54. The lowest BCUT2D eigenvalue weighted by atomic mass is 9.92. The van der Waals surface area contributed by atoms with Gasteiger partial charge in [-0.05, 0) is 55.0 Å². The van der Waals surface area contributed by atoms with Gasteiger partial charge in [-0.3, -0.25) is 9.59 Å². The zero-order valence-corrected chi connectivity index (χ0v) is 17.4. The van der Waals surface area contributed by atoms with Gasteiger partial charge < -0.3 is 20.1 Å². The first-order valence-electron chi connectivity index (χ1n) is 10.4. The lowest BCUT2D eigenvalue weighted by Gasteiger charge is -2.26. The third-order valence-electron chi connectivity index (χ3n) is 5.74. The second-order valence-electron chi connectivity index (χ2n) is 8.18. The van der Waals surface area contributed by atoms with Crippen molar-refractivity contribution >= 4 is 17.5 Å². The quantitative estimate of drug-likeness (QED) is 0.793. The van der Waals surface area contributed by atoms with E-state index >= 15 is 0 Å². The number of anilines is 1. The number of rotatable bonds is 5. The minimum Gasteiger partial charge on any atom is -0.461 e. The number of fused-ring (bicyclic) bond motifs is 1. The van der Waals surface area contributed by atoms with Crippen molar-refractivity contribution in [3.05, 3.63) is 42.1 Å². The molecule has 2 N–H and O–H groups in total. The highest BCUT2D eigenvalue weighted by atomic mass is 16.5. The number of benzene rings is 1. The first kappa shape index (κ1) is 20.3. The second-order valence-corrected chi connectivity index (χ2v) is 8.18. The van der Waals surface area contributed by atoms with Gasteiger partial charge in [-0.25, -0.2) is 4.98 Å². The number of ether oxygens (including phenoxy) is 2. The third kappa shape index (κ3) is 4.31. The van der Waals surface area contributed by atoms with Crippen molar-refractivity contribution in [2.24, 2.45) is 5.92 Å². The Kier molecular flexibility index (Phi) is 5.72. The lowest BCUT2D eigenvalue weighted by Crippen LogP contribution is -2.49. The Labute approximate surface area is 176 Å². The molecule has 1 atom stereocenters. The zero-order chi connectivity index (χ0) is 21.1. The molecule has 158 valence electrons. The fourth-order valence-corrected chi connectivity index (χ4v) is 4.03. The van der Waals surface area contributed by atoms with Crippen molar-refractivity contribution in [3.8, 4) is 17.0 Å². The highest BCUT2D eigenvalue weighted by Crippen LogP contribution is 2.39. The molecule has 2 aliphatic heterocycles. The van der Waals surface area contributed by atoms with Gasteiger partial charge in [0.1, 0.15) is 0 Å². The van der Waals surface area contributed by atoms with E-state index in [0.717, 1.165) is 48.4 Å². The molecule has 1 saturated heterocycles. The number of carbonyl (C=O) groups excluding carboxylic acids is 2. The molecule has 30 heavy (non-hydrogen) atoms. The predicted molar refractivity (Wildman–Crippen MR) is 113 cm³/mol. The van der Waals surface area contributed by atoms with Crippen LogP contribution in [0.2, 0.25) is 0 Å². The van der Waals surface area contributed by atoms with Gasteiger partial charge in [0.15, 0.2) is 5.60 Å². The average Bonchev–Trinajstić information content (AvgIpc) is 3.10. The van der Waals surface area contributed by atoms with Crippen LogP contribution in [-0.2, 0) is 20.7 Å². The van der Waals surface area contributed by atoms with Crippen LogP contribution in [0.3, 0.4) is 0 Å². The number of hydrogen-bond donors (Lipinski definition) is 2. The number of aromatic nitrogens is 1. The summed E-state index contributed by atoms with van der Waals surface area (Å²) >= 11 is 0. The monoisotopic (exact) mass is 409 g/mol. The number of amides is 2. The SMILES string of the molecule is CC(=O)Nc1ccc(-c2ccnc3c2CC(C)(C(=O)NCC2CCOCC2)O3)cc1. The standard InChI is InChI=1S/C23H27N3O4/c1-15(27)26-18-5-3-17(4-6-18)19-7-10-24-21-20(19)13-23(2,30-21)22(28)25-14-16-8-11-29-12-9-16/h3-7,10,16H,8-9,11-14H2,1-2H3,(H,25,28)(H,26,27). The highest BCUT2D eigenvalue weighted by Gasteiger charge is 2.43. The summed E-state index contributed by atoms with van der Waals surface area (Å²) in [6.07, 6.45) is 4.09. The Balaban J connectivity index is 1.48. The first-order valence-corrected chi connectivity index (χ1v) is 10.4. The van der Waals surface area contributed by atoms with Crippen molar-refractivity contribution in [3.63, 3.8) is 0 Å². The molecular formula is C23H27N3O4. The molecule has 1 fully saturated rings. The van der Waals surface area contributed by atoms with E-state index in [1.54, 1.807) is 6.20 Å². The van der Waals surface area contributed by atoms with Crippen molar-refractivity contribution < 1.29 is 19.1 Å². The summed E-state index contributed by atoms with van der Waals surface area (Å²) in [7, 11) is 0. The predicted octanol–water partition coefficient (Wildman–Crippen LogP) is 2.94. The minimum absolute atomic E-state index is 0.108. The average molecular weight is 409 g/mol. The maximum absolute atomic E-state index is 12.9. The molecule has 2 amide bonds. The van der Waals surface area contributed by atoms with Crippen LogP contribution in [0.5, 0.6) is 5.88 Å². The molecule has 3 heterocycles. The van der Waals surface area contributed by atoms with Crippen LogP contribution in [0.4, 0.5) is 5.69 Å². The summed E-state index contributed by atoms with van der Waals surface area (Å²) in [5, 5.41) is 5.84. The second kappa shape index (κ2) is 8.44. The molecule has 0 aliphatic carbocycles. The molecule has 4 rings (SSSR count). The first-order chi connectivity index (χ1) is 14.4. The van der Waals surface area contributed by atoms with Gasteiger partial charge in [0.25, 0.3) is 5.91 Å². The van der Waals surface area contributed by atoms with Crippen molar-refractivity contribution in [2.45, 2.75) is 38.7 Å². The van der Waals surface area contributed by atoms with Gasteiger partial charge in [-0.2, -0.15) is 0 Å². The van der Waals surface area contributed by atoms with Crippen LogP contribution in [0.1, 0.15) is 32.3 Å². The smallest absolute Gasteiger partial charge is 0.264 e. The van der Waals surface area contributed by atoms with E-state index in [1.165, 1.54) is 6.92 Å². The van der Waals surface area contributed by atoms with E-state index in [-0.39, 0.29) is 11.8 Å². The number of nitrogens with zero attached hydrogens (tertiary/aromatic N) is 1. The van der Waals surface area contributed by atoms with Crippen LogP contribution in [-0.4, -0.2) is 42.2 Å². The Bertz CT molecular complexity index is 938. The van der Waals surface area contributed by atoms with Crippen LogP contribution < -0.4 is 15.4 Å². The van der Waals surface area contributed by atoms with E-state index in [1.807, 2.05) is 37.3 Å². The number of pyridine rings is 1. The largest absolute Gasteiger partial charge is 0.461 e. The third-order valence-corrected chi connectivity index (χ3v) is 5.74. The lowest BCUT2D eigenvalue weighted by molar-refractivity contribution is -0.134. The molecule has 1 unspecified atom stereocenters. The minimum atomic E-state index is -0.979. The van der Waals surface area contributed by atoms with Crippen molar-refractivity contribution in [1.29, 1.82) is 0 Å². The number of nitrogens with one attached hydrogen (secondary N) is 2. The van der Waals surface area contributed by atoms with Crippen LogP contribution >= 0.6 is 0 Å². The summed E-state index contributed by atoms with van der Waals surface area (Å²) in [4.78, 5) is 28.5. The molecule has 1 aromatic carbocycles. The van der Waals surface area contributed by atoms with Gasteiger partial charge in [0.05, 0.1) is 0 Å². The Morgan fingerprint density at radius 3 is 2.60 bits per heavy atom. The zero-order valence-electron chi connectivity index (χ0n) is 17.4. The Morgan fingerprint density at radius 1 is 1.17 bits per heavy atom. The van der Waals surface area contributed by atoms with Crippen molar-refractivity contribution in [2.75, 3.05) is 25.1 Å². The summed E-state index contributed by atoms with van der Waals surface area (Å²) < 4.78 is 11.4. The molecule has 0 saturated carbocycles. The highest BCUT2D eigenvalue weighted by molar-refractivity contribution is 5.89. The summed E-state index contributed by atoms with van der Waals surface area (Å²) in [5.41, 5.74) is 2.65. The van der Waals surface area contributed by atoms with E-state index < -0.39 is 5.60 Å². The molecule has 0 bridgehead atoms. The molecule has 7 heteroatoms. The molecule has 1 aromatic heterocycles. The fourth-order valence-electron chi connectivity index (χ4n) is 4.03. The summed E-state index contributed by atoms with van der Waals surface area (Å²) in [5.74, 6) is 0.732. The van der Waals surface area contributed by atoms with E-state index in [4.69, 9.17) is 9.47 Å². The maximum atomic E-state index is 12.9. The molecule has 2 aliphatic rings. The van der Waals surface area contributed by atoms with E-state index in [0.29, 0.717) is 24.8 Å². The maximum Gasteiger partial charge on any atom is 0.264 e. The Hall–Kier alpha value is -2.93. The number of carbonyl (C=O) groups is 2. The number of hydrogen-bond acceptors (Lipinski definition) is 5. The van der Waals surface area contributed by atoms with Gasteiger partial charge in [0, 0.05) is 50.6 Å². The molecule has 2 aromatic rings. The normalized spacial score (nSPS) is 20.9. The van der Waals surface area contributed by atoms with Gasteiger partial charge in [-0.1, -0.05) is 12.1 Å². The molecule has 0 radical (unpaired) electrons. The molecule has 0 spiro atoms. The van der Waals surface area contributed by atoms with Gasteiger partial charge in [0.2, 0.25) is 11.8 Å². The van der Waals surface area contributed by atoms with Gasteiger partial charge in [-0.15, -0.1) is 0 Å². The van der Waals surface area contributed by atoms with Crippen LogP contribution in [0, 0.1) is 5.92 Å². The molecular weight excluding hydrogens is 382 g/mol. The topological polar surface area (TPSA) is 89.6 Å². The van der Waals surface area contributed by atoms with Crippen molar-refractivity contribution in [1.82, 2.24) is 10.3 Å². The Morgan fingerprint density at radius 2 is 1.90 bits per heavy atom. The van der Waals surface area contributed by atoms with E-state index in [2.05, 4.69) is 15.6 Å². The van der Waals surface area contributed by atoms with Crippen LogP contribution in [0.15, 0.2) is 36.5 Å². The molecule has 7 nitrogen and oxygen atoms in total. The van der Waals surface area contributed by atoms with Crippen LogP contribution in [0.25, 0.3) is 11.1 Å². The van der Waals surface area contributed by atoms with E-state index in [9.17, 15) is 9.59 Å². The fraction of sp³-hybridized carbons (Fsp3) is 0.435. The van der Waals surface area contributed by atoms with Gasteiger partial charge >= 0.3 is 0 Å².